The first-order chi connectivity index (χ1) is 11.5. The largest absolute Gasteiger partial charge is 0.476 e. The summed E-state index contributed by atoms with van der Waals surface area (Å²) in [5, 5.41) is 3.38. The molecule has 24 heavy (non-hydrogen) atoms. The van der Waals surface area contributed by atoms with Crippen molar-refractivity contribution in [3.05, 3.63) is 12.4 Å². The molecule has 0 atom stereocenters. The lowest BCUT2D eigenvalue weighted by molar-refractivity contribution is 0.105. The van der Waals surface area contributed by atoms with Crippen LogP contribution in [0.2, 0.25) is 0 Å². The fraction of sp³-hybridized carbons (Fsp3) is 0.750. The van der Waals surface area contributed by atoms with Crippen molar-refractivity contribution in [2.45, 2.75) is 36.8 Å². The van der Waals surface area contributed by atoms with E-state index in [1.807, 2.05) is 0 Å². The highest BCUT2D eigenvalue weighted by molar-refractivity contribution is 7.90. The van der Waals surface area contributed by atoms with Gasteiger partial charge in [-0.05, 0) is 31.6 Å². The van der Waals surface area contributed by atoms with Crippen LogP contribution in [0.25, 0.3) is 0 Å². The molecular weight excluding hydrogens is 328 g/mol. The Bertz CT molecular complexity index is 621. The van der Waals surface area contributed by atoms with E-state index >= 15 is 0 Å². The van der Waals surface area contributed by atoms with Crippen molar-refractivity contribution < 1.29 is 13.2 Å². The Balaban J connectivity index is 1.43. The average Bonchev–Trinajstić information content (AvgIpc) is 2.61. The van der Waals surface area contributed by atoms with Gasteiger partial charge >= 0.3 is 0 Å². The molecule has 0 aromatic carbocycles. The maximum atomic E-state index is 11.4. The molecule has 2 aliphatic rings. The van der Waals surface area contributed by atoms with Gasteiger partial charge in [0.1, 0.15) is 0 Å². The van der Waals surface area contributed by atoms with Crippen molar-refractivity contribution in [3.8, 4) is 5.88 Å². The minimum Gasteiger partial charge on any atom is -0.476 e. The lowest BCUT2D eigenvalue weighted by Gasteiger charge is -2.39. The number of hydrogen-bond acceptors (Lipinski definition) is 7. The van der Waals surface area contributed by atoms with Gasteiger partial charge in [0.05, 0.1) is 19.0 Å². The van der Waals surface area contributed by atoms with Gasteiger partial charge in [-0.25, -0.2) is 18.4 Å². The van der Waals surface area contributed by atoms with Crippen molar-refractivity contribution in [2.75, 3.05) is 39.0 Å². The first-order valence-corrected chi connectivity index (χ1v) is 10.5. The van der Waals surface area contributed by atoms with Gasteiger partial charge in [0.15, 0.2) is 14.9 Å². The van der Waals surface area contributed by atoms with Crippen molar-refractivity contribution in [1.82, 2.24) is 20.2 Å². The molecule has 2 heterocycles. The molecule has 0 amide bonds. The highest BCUT2D eigenvalue weighted by Gasteiger charge is 2.27. The molecule has 1 saturated heterocycles. The number of aromatic nitrogens is 2. The minimum absolute atomic E-state index is 0.0219. The molecule has 1 saturated carbocycles. The van der Waals surface area contributed by atoms with Gasteiger partial charge < -0.3 is 10.1 Å². The number of nitrogens with one attached hydrogen (secondary N) is 1. The first-order valence-electron chi connectivity index (χ1n) is 8.62. The van der Waals surface area contributed by atoms with Crippen LogP contribution in [-0.2, 0) is 9.84 Å². The summed E-state index contributed by atoms with van der Waals surface area (Å²) in [7, 11) is -3.31. The number of ether oxygens (including phenoxy) is 1. The number of sulfone groups is 1. The number of rotatable bonds is 5. The summed E-state index contributed by atoms with van der Waals surface area (Å²) in [4.78, 5) is 10.6. The van der Waals surface area contributed by atoms with Crippen LogP contribution in [0.5, 0.6) is 5.88 Å². The smallest absolute Gasteiger partial charge is 0.232 e. The molecule has 1 aromatic rings. The van der Waals surface area contributed by atoms with Crippen LogP contribution in [0, 0.1) is 5.92 Å². The minimum atomic E-state index is -3.31. The zero-order chi connectivity index (χ0) is 17.0. The SMILES string of the molecule is CS(=O)(=O)c1cnc(OC[C@H]2CC[C@H](N3CCNCC3)CC2)cn1. The summed E-state index contributed by atoms with van der Waals surface area (Å²) in [6.07, 6.45) is 8.56. The van der Waals surface area contributed by atoms with Crippen LogP contribution < -0.4 is 10.1 Å². The quantitative estimate of drug-likeness (QED) is 0.834. The zero-order valence-corrected chi connectivity index (χ0v) is 15.0. The third-order valence-corrected chi connectivity index (χ3v) is 5.91. The monoisotopic (exact) mass is 354 g/mol. The number of piperazine rings is 1. The molecule has 1 aliphatic carbocycles. The van der Waals surface area contributed by atoms with E-state index in [9.17, 15) is 8.42 Å². The van der Waals surface area contributed by atoms with Gasteiger partial charge in [-0.1, -0.05) is 0 Å². The maximum Gasteiger partial charge on any atom is 0.232 e. The average molecular weight is 354 g/mol. The Hall–Kier alpha value is -1.25. The van der Waals surface area contributed by atoms with E-state index in [1.165, 1.54) is 38.1 Å². The van der Waals surface area contributed by atoms with Gasteiger partial charge in [0.2, 0.25) is 5.88 Å². The summed E-state index contributed by atoms with van der Waals surface area (Å²) in [5.74, 6) is 0.937. The molecule has 1 N–H and O–H groups in total. The predicted octanol–water partition coefficient (Wildman–Crippen LogP) is 0.723. The van der Waals surface area contributed by atoms with Gasteiger partial charge in [0.25, 0.3) is 0 Å². The van der Waals surface area contributed by atoms with Crippen LogP contribution in [0.3, 0.4) is 0 Å². The molecule has 7 nitrogen and oxygen atoms in total. The lowest BCUT2D eigenvalue weighted by atomic mass is 9.85. The highest BCUT2D eigenvalue weighted by atomic mass is 32.2. The second-order valence-electron chi connectivity index (χ2n) is 6.74. The predicted molar refractivity (Wildman–Crippen MR) is 90.8 cm³/mol. The van der Waals surface area contributed by atoms with Crippen LogP contribution in [0.15, 0.2) is 17.4 Å². The molecule has 8 heteroatoms. The van der Waals surface area contributed by atoms with Crippen molar-refractivity contribution in [2.24, 2.45) is 5.92 Å². The fourth-order valence-corrected chi connectivity index (χ4v) is 3.99. The van der Waals surface area contributed by atoms with E-state index in [4.69, 9.17) is 4.74 Å². The van der Waals surface area contributed by atoms with E-state index in [-0.39, 0.29) is 5.03 Å². The standard InChI is InChI=1S/C16H26N4O3S/c1-24(21,22)16-11-18-15(10-19-16)23-12-13-2-4-14(5-3-13)20-8-6-17-7-9-20/h10-11,13-14,17H,2-9,12H2,1H3/t13-,14-. The second kappa shape index (κ2) is 7.76. The van der Waals surface area contributed by atoms with Gasteiger partial charge in [0, 0.05) is 38.5 Å². The summed E-state index contributed by atoms with van der Waals surface area (Å²) in [6.45, 7) is 5.15. The molecule has 0 radical (unpaired) electrons. The molecule has 0 bridgehead atoms. The molecule has 2 fully saturated rings. The molecular formula is C16H26N4O3S. The summed E-state index contributed by atoms with van der Waals surface area (Å²) >= 11 is 0. The number of nitrogens with zero attached hydrogens (tertiary/aromatic N) is 3. The van der Waals surface area contributed by atoms with E-state index < -0.39 is 9.84 Å². The molecule has 134 valence electrons. The molecule has 3 rings (SSSR count). The Morgan fingerprint density at radius 2 is 1.88 bits per heavy atom. The van der Waals surface area contributed by atoms with Crippen LogP contribution >= 0.6 is 0 Å². The Labute approximate surface area is 143 Å². The van der Waals surface area contributed by atoms with E-state index in [2.05, 4.69) is 20.2 Å². The molecule has 0 unspecified atom stereocenters. The molecule has 1 aliphatic heterocycles. The lowest BCUT2D eigenvalue weighted by Crippen LogP contribution is -2.49. The Kier molecular flexibility index (Phi) is 5.68. The first kappa shape index (κ1) is 17.6. The fourth-order valence-electron chi connectivity index (χ4n) is 3.50. The topological polar surface area (TPSA) is 84.4 Å². The second-order valence-corrected chi connectivity index (χ2v) is 8.70. The van der Waals surface area contributed by atoms with Gasteiger partial charge in [-0.15, -0.1) is 0 Å². The zero-order valence-electron chi connectivity index (χ0n) is 14.1. The van der Waals surface area contributed by atoms with E-state index in [0.29, 0.717) is 18.4 Å². The Morgan fingerprint density at radius 3 is 2.46 bits per heavy atom. The van der Waals surface area contributed by atoms with Crippen molar-refractivity contribution in [1.29, 1.82) is 0 Å². The van der Waals surface area contributed by atoms with Crippen molar-refractivity contribution in [3.63, 3.8) is 0 Å². The maximum absolute atomic E-state index is 11.4. The normalized spacial score (nSPS) is 26.2. The third kappa shape index (κ3) is 4.64. The third-order valence-electron chi connectivity index (χ3n) is 4.94. The molecule has 1 aromatic heterocycles. The van der Waals surface area contributed by atoms with Gasteiger partial charge in [-0.2, -0.15) is 0 Å². The number of hydrogen-bond donors (Lipinski definition) is 1. The summed E-state index contributed by atoms with van der Waals surface area (Å²) in [6, 6.07) is 0.720. The van der Waals surface area contributed by atoms with Crippen molar-refractivity contribution >= 4 is 9.84 Å². The van der Waals surface area contributed by atoms with E-state index in [1.54, 1.807) is 0 Å². The highest BCUT2D eigenvalue weighted by Crippen LogP contribution is 2.28. The molecule has 0 spiro atoms. The van der Waals surface area contributed by atoms with Gasteiger partial charge in [-0.3, -0.25) is 4.90 Å². The summed E-state index contributed by atoms with van der Waals surface area (Å²) < 4.78 is 28.4. The van der Waals surface area contributed by atoms with Crippen LogP contribution in [-0.4, -0.2) is 68.4 Å². The summed E-state index contributed by atoms with van der Waals surface area (Å²) in [5.41, 5.74) is 0. The van der Waals surface area contributed by atoms with Crippen LogP contribution in [0.1, 0.15) is 25.7 Å². The van der Waals surface area contributed by atoms with Crippen LogP contribution in [0.4, 0.5) is 0 Å². The van der Waals surface area contributed by atoms with E-state index in [0.717, 1.165) is 38.5 Å². The Morgan fingerprint density at radius 1 is 1.17 bits per heavy atom.